The van der Waals surface area contributed by atoms with Crippen molar-refractivity contribution in [2.45, 2.75) is 6.42 Å². The quantitative estimate of drug-likeness (QED) is 0.648. The van der Waals surface area contributed by atoms with Crippen LogP contribution < -0.4 is 14.2 Å². The number of hydrogen-bond donors (Lipinski definition) is 0. The summed E-state index contributed by atoms with van der Waals surface area (Å²) in [5.74, 6) is 1.85. The molecule has 0 atom stereocenters. The smallest absolute Gasteiger partial charge is 0.175 e. The van der Waals surface area contributed by atoms with Crippen LogP contribution >= 0.6 is 0 Å². The van der Waals surface area contributed by atoms with Gasteiger partial charge in [0.2, 0.25) is 0 Å². The number of aldehydes is 1. The Labute approximate surface area is 86.7 Å². The highest BCUT2D eigenvalue weighted by molar-refractivity contribution is 5.87. The molecule has 0 aromatic heterocycles. The summed E-state index contributed by atoms with van der Waals surface area (Å²) in [7, 11) is 0. The number of carbonyl (C=O) groups is 1. The van der Waals surface area contributed by atoms with Crippen LogP contribution in [0.1, 0.15) is 15.9 Å². The zero-order valence-corrected chi connectivity index (χ0v) is 8.12. The Morgan fingerprint density at radius 3 is 2.73 bits per heavy atom. The van der Waals surface area contributed by atoms with Gasteiger partial charge in [0.1, 0.15) is 24.5 Å². The maximum Gasteiger partial charge on any atom is 0.175 e. The van der Waals surface area contributed by atoms with Crippen LogP contribution in [0.15, 0.2) is 6.07 Å². The fourth-order valence-corrected chi connectivity index (χ4v) is 1.98. The maximum atomic E-state index is 11.0. The highest BCUT2D eigenvalue weighted by atomic mass is 16.6. The summed E-state index contributed by atoms with van der Waals surface area (Å²) in [5.41, 5.74) is 1.51. The number of rotatable bonds is 1. The van der Waals surface area contributed by atoms with Gasteiger partial charge in [0.15, 0.2) is 17.8 Å². The molecular formula is C11H10O4. The van der Waals surface area contributed by atoms with Crippen molar-refractivity contribution >= 4 is 6.29 Å². The highest BCUT2D eigenvalue weighted by Gasteiger charge is 2.26. The monoisotopic (exact) mass is 206 g/mol. The normalized spacial score (nSPS) is 16.8. The van der Waals surface area contributed by atoms with Gasteiger partial charge in [-0.15, -0.1) is 0 Å². The van der Waals surface area contributed by atoms with Gasteiger partial charge < -0.3 is 14.2 Å². The maximum absolute atomic E-state index is 11.0. The Kier molecular flexibility index (Phi) is 1.80. The van der Waals surface area contributed by atoms with E-state index < -0.39 is 0 Å². The van der Waals surface area contributed by atoms with Crippen molar-refractivity contribution in [2.75, 3.05) is 19.8 Å². The molecule has 0 fully saturated rings. The van der Waals surface area contributed by atoms with Crippen molar-refractivity contribution in [2.24, 2.45) is 0 Å². The molecule has 3 rings (SSSR count). The zero-order valence-electron chi connectivity index (χ0n) is 8.12. The summed E-state index contributed by atoms with van der Waals surface area (Å²) in [4.78, 5) is 11.0. The molecule has 0 aliphatic carbocycles. The standard InChI is InChI=1S/C11H10O4/c12-6-8-10-7(1-2-14-10)5-9-11(8)15-4-3-13-9/h5-6H,1-4H2. The van der Waals surface area contributed by atoms with Crippen molar-refractivity contribution in [3.63, 3.8) is 0 Å². The van der Waals surface area contributed by atoms with Crippen LogP contribution in [0.3, 0.4) is 0 Å². The average molecular weight is 206 g/mol. The molecule has 4 nitrogen and oxygen atoms in total. The van der Waals surface area contributed by atoms with E-state index >= 15 is 0 Å². The topological polar surface area (TPSA) is 44.8 Å². The number of carbonyl (C=O) groups excluding carboxylic acids is 1. The summed E-state index contributed by atoms with van der Waals surface area (Å²) in [6.07, 6.45) is 1.60. The highest BCUT2D eigenvalue weighted by Crippen LogP contribution is 2.43. The van der Waals surface area contributed by atoms with Crippen molar-refractivity contribution in [1.82, 2.24) is 0 Å². The molecule has 0 spiro atoms. The lowest BCUT2D eigenvalue weighted by atomic mass is 10.1. The molecule has 0 unspecified atom stereocenters. The minimum atomic E-state index is 0.479. The van der Waals surface area contributed by atoms with Crippen LogP contribution in [0.2, 0.25) is 0 Å². The van der Waals surface area contributed by atoms with Gasteiger partial charge in [-0.25, -0.2) is 0 Å². The molecule has 4 heteroatoms. The predicted octanol–water partition coefficient (Wildman–Crippen LogP) is 1.21. The third-order valence-corrected chi connectivity index (χ3v) is 2.63. The minimum Gasteiger partial charge on any atom is -0.492 e. The summed E-state index contributed by atoms with van der Waals surface area (Å²) in [6.45, 7) is 1.64. The Bertz CT molecular complexity index is 425. The van der Waals surface area contributed by atoms with Crippen LogP contribution in [-0.4, -0.2) is 26.1 Å². The molecule has 0 amide bonds. The van der Waals surface area contributed by atoms with Crippen LogP contribution in [0, 0.1) is 0 Å². The van der Waals surface area contributed by atoms with Gasteiger partial charge in [-0.1, -0.05) is 0 Å². The largest absolute Gasteiger partial charge is 0.492 e. The number of benzene rings is 1. The second-order valence-electron chi connectivity index (χ2n) is 3.52. The van der Waals surface area contributed by atoms with Gasteiger partial charge in [-0.05, 0) is 6.07 Å². The molecule has 0 saturated carbocycles. The molecule has 2 aliphatic rings. The van der Waals surface area contributed by atoms with Crippen molar-refractivity contribution in [1.29, 1.82) is 0 Å². The molecule has 1 aromatic carbocycles. The molecule has 78 valence electrons. The van der Waals surface area contributed by atoms with E-state index in [0.29, 0.717) is 42.6 Å². The first kappa shape index (κ1) is 8.59. The number of ether oxygens (including phenoxy) is 3. The molecule has 1 aromatic rings. The summed E-state index contributed by atoms with van der Waals surface area (Å²) < 4.78 is 16.3. The predicted molar refractivity (Wildman–Crippen MR) is 52.0 cm³/mol. The summed E-state index contributed by atoms with van der Waals surface area (Å²) >= 11 is 0. The Morgan fingerprint density at radius 1 is 1.07 bits per heavy atom. The van der Waals surface area contributed by atoms with Gasteiger partial charge in [0.05, 0.1) is 6.61 Å². The molecule has 15 heavy (non-hydrogen) atoms. The van der Waals surface area contributed by atoms with Gasteiger partial charge in [-0.2, -0.15) is 0 Å². The summed E-state index contributed by atoms with van der Waals surface area (Å²) in [5, 5.41) is 0. The first-order chi connectivity index (χ1) is 7.40. The first-order valence-electron chi connectivity index (χ1n) is 4.93. The molecule has 2 aliphatic heterocycles. The third-order valence-electron chi connectivity index (χ3n) is 2.63. The first-order valence-corrected chi connectivity index (χ1v) is 4.93. The van der Waals surface area contributed by atoms with Gasteiger partial charge in [0.25, 0.3) is 0 Å². The van der Waals surface area contributed by atoms with Crippen molar-refractivity contribution in [3.8, 4) is 17.2 Å². The van der Waals surface area contributed by atoms with E-state index in [4.69, 9.17) is 14.2 Å². The van der Waals surface area contributed by atoms with Gasteiger partial charge >= 0.3 is 0 Å². The lowest BCUT2D eigenvalue weighted by molar-refractivity contribution is 0.110. The lowest BCUT2D eigenvalue weighted by Crippen LogP contribution is -2.17. The van der Waals surface area contributed by atoms with E-state index in [-0.39, 0.29) is 0 Å². The third kappa shape index (κ3) is 1.17. The van der Waals surface area contributed by atoms with Crippen LogP contribution in [0.4, 0.5) is 0 Å². The van der Waals surface area contributed by atoms with Gasteiger partial charge in [0, 0.05) is 12.0 Å². The SMILES string of the molecule is O=Cc1c2c(cc3c1OCCO3)CCO2. The fraction of sp³-hybridized carbons (Fsp3) is 0.364. The minimum absolute atomic E-state index is 0.479. The van der Waals surface area contributed by atoms with E-state index in [9.17, 15) is 4.79 Å². The van der Waals surface area contributed by atoms with Crippen LogP contribution in [0.5, 0.6) is 17.2 Å². The second kappa shape index (κ2) is 3.15. The van der Waals surface area contributed by atoms with Crippen LogP contribution in [-0.2, 0) is 6.42 Å². The van der Waals surface area contributed by atoms with E-state index in [2.05, 4.69) is 0 Å². The van der Waals surface area contributed by atoms with E-state index in [1.165, 1.54) is 0 Å². The Balaban J connectivity index is 2.24. The van der Waals surface area contributed by atoms with E-state index in [1.54, 1.807) is 0 Å². The van der Waals surface area contributed by atoms with Crippen molar-refractivity contribution in [3.05, 3.63) is 17.2 Å². The molecule has 2 heterocycles. The zero-order chi connectivity index (χ0) is 10.3. The van der Waals surface area contributed by atoms with E-state index in [0.717, 1.165) is 18.3 Å². The van der Waals surface area contributed by atoms with Crippen molar-refractivity contribution < 1.29 is 19.0 Å². The molecule has 0 N–H and O–H groups in total. The molecule has 0 bridgehead atoms. The number of fused-ring (bicyclic) bond motifs is 2. The lowest BCUT2D eigenvalue weighted by Gasteiger charge is -2.20. The fourth-order valence-electron chi connectivity index (χ4n) is 1.98. The summed E-state index contributed by atoms with van der Waals surface area (Å²) in [6, 6.07) is 1.91. The number of hydrogen-bond acceptors (Lipinski definition) is 4. The molecule has 0 radical (unpaired) electrons. The van der Waals surface area contributed by atoms with E-state index in [1.807, 2.05) is 6.07 Å². The van der Waals surface area contributed by atoms with Gasteiger partial charge in [-0.3, -0.25) is 4.79 Å². The Morgan fingerprint density at radius 2 is 1.87 bits per heavy atom. The molecular weight excluding hydrogens is 196 g/mol. The average Bonchev–Trinajstić information content (AvgIpc) is 2.73. The second-order valence-corrected chi connectivity index (χ2v) is 3.52. The van der Waals surface area contributed by atoms with Crippen LogP contribution in [0.25, 0.3) is 0 Å². The Hall–Kier alpha value is -1.71. The molecule has 0 saturated heterocycles.